The number of carbonyl (C=O) groups is 3. The molecule has 5 atom stereocenters. The zero-order valence-corrected chi connectivity index (χ0v) is 33.1. The van der Waals surface area contributed by atoms with Crippen LogP contribution >= 0.6 is 0 Å². The number of carbonyl (C=O) groups excluding carboxylic acids is 3. The lowest BCUT2D eigenvalue weighted by atomic mass is 10.0. The van der Waals surface area contributed by atoms with E-state index >= 15 is 0 Å². The summed E-state index contributed by atoms with van der Waals surface area (Å²) in [7, 11) is -0.617. The largest absolute Gasteiger partial charge is 0.379 e. The van der Waals surface area contributed by atoms with E-state index < -0.39 is 35.6 Å². The molecule has 15 heteroatoms. The Labute approximate surface area is 315 Å². The molecule has 0 bridgehead atoms. The van der Waals surface area contributed by atoms with Gasteiger partial charge in [-0.1, -0.05) is 114 Å². The number of aromatic nitrogens is 2. The number of rotatable bonds is 33. The topological polar surface area (TPSA) is 221 Å². The number of hydrogen-bond donors (Lipinski definition) is 9. The van der Waals surface area contributed by atoms with E-state index in [1.807, 2.05) is 30.3 Å². The Morgan fingerprint density at radius 2 is 1.44 bits per heavy atom. The van der Waals surface area contributed by atoms with Crippen molar-refractivity contribution in [3.05, 3.63) is 48.3 Å². The van der Waals surface area contributed by atoms with Crippen molar-refractivity contribution < 1.29 is 24.6 Å². The Bertz CT molecular complexity index is 1210. The minimum absolute atomic E-state index is 0.0547. The van der Waals surface area contributed by atoms with Crippen LogP contribution in [0.2, 0.25) is 0 Å². The van der Waals surface area contributed by atoms with Crippen LogP contribution in [0.4, 0.5) is 15.5 Å². The molecule has 0 aliphatic rings. The summed E-state index contributed by atoms with van der Waals surface area (Å²) >= 11 is 0. The maximum Gasteiger partial charge on any atom is 0.217 e. The number of aromatic amines is 1. The number of nitrogens with zero attached hydrogens (tertiary/aromatic N) is 1. The standard InChI is InChI=1S/C37H64N8O5Si2/c1-2-3-4-5-6-7-8-9-10-11-12-13-17-20-31(47)44-32(23-24-40-36-41-25-26-42-36)52-37(50)43-29(21-22-30(38)46)34(48)45-33(51-35(39)49)27-28-18-15-14-16-19-28/h14-16,18-19,25-26,29,31-34,44-45,47-48H,2-13,17,20-24,27H2,1H3,(H2,38,46)(H2,39,49)(H,43,50)(H2,40,41,42)/t29-,31?,32+,33+,34?/m0/s1. The molecule has 52 heavy (non-hydrogen) atoms. The molecule has 13 nitrogen and oxygen atoms in total. The fourth-order valence-corrected chi connectivity index (χ4v) is 8.12. The highest BCUT2D eigenvalue weighted by Gasteiger charge is 2.27. The van der Waals surface area contributed by atoms with E-state index in [-0.39, 0.29) is 43.1 Å². The molecule has 1 aromatic carbocycles. The Balaban J connectivity index is 1.89. The number of amides is 3. The van der Waals surface area contributed by atoms with E-state index in [0.717, 1.165) is 24.8 Å². The Morgan fingerprint density at radius 1 is 0.808 bits per heavy atom. The third-order valence-corrected chi connectivity index (χ3v) is 11.1. The lowest BCUT2D eigenvalue weighted by Crippen LogP contribution is -2.57. The van der Waals surface area contributed by atoms with Gasteiger partial charge in [0.1, 0.15) is 12.5 Å². The van der Waals surface area contributed by atoms with E-state index in [4.69, 9.17) is 11.5 Å². The first-order valence-corrected chi connectivity index (χ1v) is 21.4. The predicted molar refractivity (Wildman–Crippen MR) is 210 cm³/mol. The minimum atomic E-state index is -1.28. The van der Waals surface area contributed by atoms with Crippen LogP contribution in [0.3, 0.4) is 0 Å². The molecule has 290 valence electrons. The van der Waals surface area contributed by atoms with E-state index in [1.54, 1.807) is 12.4 Å². The molecule has 0 aliphatic carbocycles. The second kappa shape index (κ2) is 28.4. The van der Waals surface area contributed by atoms with Gasteiger partial charge in [0.05, 0.1) is 6.04 Å². The number of anilines is 1. The summed E-state index contributed by atoms with van der Waals surface area (Å²) in [5.41, 5.74) is 10.2. The quantitative estimate of drug-likeness (QED) is 0.0289. The average molecular weight is 757 g/mol. The number of aliphatic hydroxyl groups is 2. The molecule has 2 unspecified atom stereocenters. The molecule has 1 aromatic heterocycles. The van der Waals surface area contributed by atoms with Crippen LogP contribution in [-0.2, 0) is 11.2 Å². The number of imidazole rings is 1. The van der Waals surface area contributed by atoms with Gasteiger partial charge in [-0.25, -0.2) is 4.98 Å². The third-order valence-electron chi connectivity index (χ3n) is 8.87. The van der Waals surface area contributed by atoms with E-state index in [9.17, 15) is 24.6 Å². The summed E-state index contributed by atoms with van der Waals surface area (Å²) in [6.07, 6.45) is 19.2. The molecule has 0 saturated carbocycles. The molecule has 0 saturated heterocycles. The number of unbranched alkanes of at least 4 members (excludes halogenated alkanes) is 12. The van der Waals surface area contributed by atoms with Crippen molar-refractivity contribution in [2.45, 2.75) is 152 Å². The molecule has 3 amide bonds. The van der Waals surface area contributed by atoms with E-state index in [1.165, 1.54) is 64.2 Å². The fourth-order valence-electron chi connectivity index (χ4n) is 6.04. The monoisotopic (exact) mass is 756 g/mol. The second-order valence-corrected chi connectivity index (χ2v) is 16.4. The molecule has 4 radical (unpaired) electrons. The Morgan fingerprint density at radius 3 is 2.02 bits per heavy atom. The van der Waals surface area contributed by atoms with Gasteiger partial charge in [-0.15, -0.1) is 0 Å². The highest BCUT2D eigenvalue weighted by atomic mass is 28.2. The molecule has 0 aliphatic heterocycles. The van der Waals surface area contributed by atoms with E-state index in [2.05, 4.69) is 38.2 Å². The summed E-state index contributed by atoms with van der Waals surface area (Å²) in [6, 6.07) is 8.64. The molecular formula is C37H64N8O5Si2. The van der Waals surface area contributed by atoms with Crippen molar-refractivity contribution in [2.24, 2.45) is 11.5 Å². The number of H-pyrrole nitrogens is 1. The zero-order chi connectivity index (χ0) is 37.8. The van der Waals surface area contributed by atoms with Crippen LogP contribution in [0.5, 0.6) is 0 Å². The summed E-state index contributed by atoms with van der Waals surface area (Å²) in [6.45, 7) is 2.75. The van der Waals surface area contributed by atoms with Gasteiger partial charge in [-0.2, -0.15) is 0 Å². The number of hydrogen-bond acceptors (Lipinski definition) is 9. The summed E-state index contributed by atoms with van der Waals surface area (Å²) < 4.78 is 0. The van der Waals surface area contributed by atoms with Crippen LogP contribution in [0.15, 0.2) is 42.7 Å². The van der Waals surface area contributed by atoms with Crippen LogP contribution in [0.25, 0.3) is 0 Å². The van der Waals surface area contributed by atoms with Gasteiger partial charge in [-0.3, -0.25) is 25.0 Å². The van der Waals surface area contributed by atoms with E-state index in [0.29, 0.717) is 31.8 Å². The number of nitrogens with one attached hydrogen (secondary N) is 5. The van der Waals surface area contributed by atoms with Gasteiger partial charge in [0.15, 0.2) is 36.0 Å². The smallest absolute Gasteiger partial charge is 0.217 e. The predicted octanol–water partition coefficient (Wildman–Crippen LogP) is 4.23. The van der Waals surface area contributed by atoms with Crippen LogP contribution in [0, 0.1) is 0 Å². The van der Waals surface area contributed by atoms with Crippen molar-refractivity contribution in [2.75, 3.05) is 11.9 Å². The molecule has 11 N–H and O–H groups in total. The first kappa shape index (κ1) is 45.1. The SMILES string of the molecule is CCCCCCCCCCCCCCCC(O)N[C@@H](CCNc1ncc[nH]1)[Si]C(=O)N[C@@H](CCC(N)=O)C(O)N[C@@H](Cc1ccccc1)[Si]C(N)=O. The van der Waals surface area contributed by atoms with Crippen molar-refractivity contribution in [1.82, 2.24) is 25.9 Å². The molecular weight excluding hydrogens is 693 g/mol. The molecule has 2 aromatic rings. The van der Waals surface area contributed by atoms with Crippen molar-refractivity contribution in [3.63, 3.8) is 0 Å². The number of primary amides is 2. The summed E-state index contributed by atoms with van der Waals surface area (Å²) in [4.78, 5) is 44.1. The number of benzene rings is 1. The van der Waals surface area contributed by atoms with Gasteiger partial charge in [-0.05, 0) is 37.7 Å². The van der Waals surface area contributed by atoms with Gasteiger partial charge in [0.2, 0.25) is 5.91 Å². The van der Waals surface area contributed by atoms with Crippen LogP contribution < -0.4 is 32.7 Å². The lowest BCUT2D eigenvalue weighted by molar-refractivity contribution is -0.118. The number of nitrogens with two attached hydrogens (primary N) is 2. The van der Waals surface area contributed by atoms with Gasteiger partial charge < -0.3 is 37.3 Å². The highest BCUT2D eigenvalue weighted by molar-refractivity contribution is 6.75. The molecule has 0 fully saturated rings. The summed E-state index contributed by atoms with van der Waals surface area (Å²) in [5, 5.41) is 34.4. The van der Waals surface area contributed by atoms with Gasteiger partial charge in [0.25, 0.3) is 0 Å². The lowest BCUT2D eigenvalue weighted by Gasteiger charge is -2.29. The van der Waals surface area contributed by atoms with Crippen LogP contribution in [-0.4, -0.2) is 92.6 Å². The first-order chi connectivity index (χ1) is 25.2. The second-order valence-electron chi connectivity index (χ2n) is 13.5. The maximum absolute atomic E-state index is 13.4. The van der Waals surface area contributed by atoms with Crippen molar-refractivity contribution >= 4 is 42.0 Å². The molecule has 1 heterocycles. The zero-order valence-electron chi connectivity index (χ0n) is 31.1. The average Bonchev–Trinajstić information content (AvgIpc) is 3.62. The Kier molecular flexibility index (Phi) is 24.6. The first-order valence-electron chi connectivity index (χ1n) is 19.2. The highest BCUT2D eigenvalue weighted by Crippen LogP contribution is 2.14. The number of aliphatic hydroxyl groups excluding tert-OH is 2. The fraction of sp³-hybridized carbons (Fsp3) is 0.676. The normalized spacial score (nSPS) is 14.3. The minimum Gasteiger partial charge on any atom is -0.379 e. The van der Waals surface area contributed by atoms with Gasteiger partial charge in [0, 0.05) is 36.7 Å². The molecule has 0 spiro atoms. The van der Waals surface area contributed by atoms with Gasteiger partial charge >= 0.3 is 0 Å². The maximum atomic E-state index is 13.4. The summed E-state index contributed by atoms with van der Waals surface area (Å²) in [5.74, 6) is 0.0510. The van der Waals surface area contributed by atoms with Crippen LogP contribution in [0.1, 0.15) is 122 Å². The molecule has 2 rings (SSSR count). The Hall–Kier alpha value is -3.09. The van der Waals surface area contributed by atoms with Crippen molar-refractivity contribution in [3.8, 4) is 0 Å². The van der Waals surface area contributed by atoms with Crippen molar-refractivity contribution in [1.29, 1.82) is 0 Å². The third kappa shape index (κ3) is 22.8.